The SMILES string of the molecule is Cc1cc(C(N)=O)ccc1-c1cc2c(NC3CCCCC3)c(C(N)=Nc3cc(F)ccc3Cl)cnn2c1. The number of anilines is 1. The molecule has 0 aliphatic heterocycles. The molecule has 7 nitrogen and oxygen atoms in total. The largest absolute Gasteiger partial charge is 0.383 e. The summed E-state index contributed by atoms with van der Waals surface area (Å²) in [4.78, 5) is 16.0. The molecule has 1 saturated carbocycles. The Hall–Kier alpha value is -3.91. The molecule has 0 spiro atoms. The third-order valence-corrected chi connectivity index (χ3v) is 7.16. The van der Waals surface area contributed by atoms with Crippen LogP contribution in [0.3, 0.4) is 0 Å². The summed E-state index contributed by atoms with van der Waals surface area (Å²) in [6.45, 7) is 1.94. The van der Waals surface area contributed by atoms with Crippen molar-refractivity contribution < 1.29 is 9.18 Å². The number of nitrogens with one attached hydrogen (secondary N) is 1. The maximum absolute atomic E-state index is 13.8. The predicted molar refractivity (Wildman–Crippen MR) is 146 cm³/mol. The van der Waals surface area contributed by atoms with E-state index in [1.807, 2.05) is 25.3 Å². The van der Waals surface area contributed by atoms with E-state index >= 15 is 0 Å². The van der Waals surface area contributed by atoms with E-state index < -0.39 is 11.7 Å². The molecule has 4 aromatic rings. The molecule has 1 aliphatic rings. The molecule has 1 amide bonds. The highest BCUT2D eigenvalue weighted by atomic mass is 35.5. The van der Waals surface area contributed by atoms with Gasteiger partial charge in [0.15, 0.2) is 0 Å². The molecule has 37 heavy (non-hydrogen) atoms. The Labute approximate surface area is 219 Å². The van der Waals surface area contributed by atoms with Gasteiger partial charge in [0.2, 0.25) is 5.91 Å². The molecule has 190 valence electrons. The molecule has 2 aromatic carbocycles. The number of aromatic nitrogens is 2. The number of aliphatic imine (C=N–C) groups is 1. The van der Waals surface area contributed by atoms with Crippen molar-refractivity contribution in [3.05, 3.63) is 82.4 Å². The normalized spacial score (nSPS) is 14.7. The Bertz CT molecular complexity index is 1520. The number of aryl methyl sites for hydroxylation is 1. The zero-order valence-electron chi connectivity index (χ0n) is 20.5. The summed E-state index contributed by atoms with van der Waals surface area (Å²) in [6, 6.07) is 11.7. The van der Waals surface area contributed by atoms with Gasteiger partial charge in [-0.15, -0.1) is 0 Å². The van der Waals surface area contributed by atoms with E-state index in [4.69, 9.17) is 23.1 Å². The second-order valence-electron chi connectivity index (χ2n) is 9.46. The number of carbonyl (C=O) groups is 1. The molecule has 2 heterocycles. The highest BCUT2D eigenvalue weighted by molar-refractivity contribution is 6.33. The number of carbonyl (C=O) groups excluding carboxylic acids is 1. The quantitative estimate of drug-likeness (QED) is 0.215. The molecule has 0 unspecified atom stereocenters. The fraction of sp³-hybridized carbons (Fsp3) is 0.250. The van der Waals surface area contributed by atoms with Crippen LogP contribution >= 0.6 is 11.6 Å². The highest BCUT2D eigenvalue weighted by Gasteiger charge is 2.20. The number of nitrogens with zero attached hydrogens (tertiary/aromatic N) is 3. The Morgan fingerprint density at radius 2 is 1.92 bits per heavy atom. The van der Waals surface area contributed by atoms with Crippen LogP contribution in [-0.4, -0.2) is 27.4 Å². The van der Waals surface area contributed by atoms with Crippen LogP contribution in [0, 0.1) is 12.7 Å². The predicted octanol–water partition coefficient (Wildman–Crippen LogP) is 5.98. The summed E-state index contributed by atoms with van der Waals surface area (Å²) in [5.41, 5.74) is 17.7. The average molecular weight is 519 g/mol. The van der Waals surface area contributed by atoms with Crippen LogP contribution in [0.2, 0.25) is 5.02 Å². The van der Waals surface area contributed by atoms with E-state index in [2.05, 4.69) is 15.4 Å². The molecule has 0 atom stereocenters. The van der Waals surface area contributed by atoms with Crippen molar-refractivity contribution in [1.29, 1.82) is 0 Å². The van der Waals surface area contributed by atoms with Gasteiger partial charge in [0.05, 0.1) is 33.7 Å². The first-order valence-electron chi connectivity index (χ1n) is 12.3. The van der Waals surface area contributed by atoms with E-state index in [-0.39, 0.29) is 11.5 Å². The average Bonchev–Trinajstić information content (AvgIpc) is 3.31. The molecule has 0 bridgehead atoms. The lowest BCUT2D eigenvalue weighted by Gasteiger charge is -2.25. The molecule has 1 aliphatic carbocycles. The first-order chi connectivity index (χ1) is 17.8. The number of rotatable bonds is 6. The molecular formula is C28H28ClFN6O. The zero-order chi connectivity index (χ0) is 26.1. The Morgan fingerprint density at radius 1 is 1.14 bits per heavy atom. The van der Waals surface area contributed by atoms with Gasteiger partial charge in [0.25, 0.3) is 0 Å². The van der Waals surface area contributed by atoms with E-state index in [1.165, 1.54) is 24.6 Å². The maximum Gasteiger partial charge on any atom is 0.248 e. The van der Waals surface area contributed by atoms with Crippen LogP contribution in [0.25, 0.3) is 16.6 Å². The van der Waals surface area contributed by atoms with Crippen LogP contribution in [0.4, 0.5) is 15.8 Å². The lowest BCUT2D eigenvalue weighted by atomic mass is 9.95. The summed E-state index contributed by atoms with van der Waals surface area (Å²) in [5, 5.41) is 8.60. The minimum absolute atomic E-state index is 0.186. The molecule has 5 N–H and O–H groups in total. The molecule has 0 radical (unpaired) electrons. The smallest absolute Gasteiger partial charge is 0.248 e. The number of hydrogen-bond acceptors (Lipinski definition) is 4. The van der Waals surface area contributed by atoms with Crippen LogP contribution < -0.4 is 16.8 Å². The van der Waals surface area contributed by atoms with Gasteiger partial charge >= 0.3 is 0 Å². The highest BCUT2D eigenvalue weighted by Crippen LogP contribution is 2.33. The third-order valence-electron chi connectivity index (χ3n) is 6.84. The van der Waals surface area contributed by atoms with Crippen LogP contribution in [0.5, 0.6) is 0 Å². The number of fused-ring (bicyclic) bond motifs is 1. The Kier molecular flexibility index (Phi) is 6.84. The van der Waals surface area contributed by atoms with E-state index in [0.29, 0.717) is 22.2 Å². The zero-order valence-corrected chi connectivity index (χ0v) is 21.2. The lowest BCUT2D eigenvalue weighted by Crippen LogP contribution is -2.25. The van der Waals surface area contributed by atoms with E-state index in [1.54, 1.807) is 22.8 Å². The number of halogens is 2. The monoisotopic (exact) mass is 518 g/mol. The first kappa shape index (κ1) is 24.8. The van der Waals surface area contributed by atoms with Gasteiger partial charge < -0.3 is 16.8 Å². The lowest BCUT2D eigenvalue weighted by molar-refractivity contribution is 0.1000. The minimum Gasteiger partial charge on any atom is -0.383 e. The number of nitrogens with two attached hydrogens (primary N) is 2. The van der Waals surface area contributed by atoms with Crippen molar-refractivity contribution in [2.45, 2.75) is 45.1 Å². The summed E-state index contributed by atoms with van der Waals surface area (Å²) < 4.78 is 15.6. The topological polar surface area (TPSA) is 111 Å². The minimum atomic E-state index is -0.463. The molecule has 9 heteroatoms. The van der Waals surface area contributed by atoms with Crippen molar-refractivity contribution in [3.8, 4) is 11.1 Å². The molecule has 1 fully saturated rings. The number of amidine groups is 1. The van der Waals surface area contributed by atoms with Gasteiger partial charge in [-0.1, -0.05) is 36.9 Å². The van der Waals surface area contributed by atoms with Crippen molar-refractivity contribution in [3.63, 3.8) is 0 Å². The van der Waals surface area contributed by atoms with E-state index in [9.17, 15) is 9.18 Å². The molecule has 2 aromatic heterocycles. The molecular weight excluding hydrogens is 491 g/mol. The third kappa shape index (κ3) is 5.15. The van der Waals surface area contributed by atoms with Crippen molar-refractivity contribution in [2.24, 2.45) is 16.5 Å². The number of amides is 1. The van der Waals surface area contributed by atoms with Crippen LogP contribution in [0.1, 0.15) is 53.6 Å². The number of primary amides is 1. The van der Waals surface area contributed by atoms with Gasteiger partial charge in [0.1, 0.15) is 11.7 Å². The molecule has 5 rings (SSSR count). The molecule has 0 saturated heterocycles. The van der Waals surface area contributed by atoms with Crippen molar-refractivity contribution >= 4 is 40.2 Å². The fourth-order valence-electron chi connectivity index (χ4n) is 4.90. The van der Waals surface area contributed by atoms with E-state index in [0.717, 1.165) is 53.6 Å². The standard InChI is InChI=1S/C28H28ClFN6O/c1-16-11-17(28(32)37)7-9-21(16)18-12-25-26(34-20-5-3-2-4-6-20)22(14-33-36(25)15-18)27(31)35-24-13-19(30)8-10-23(24)29/h7-15,20,34H,2-6H2,1H3,(H2,31,35)(H2,32,37). The van der Waals surface area contributed by atoms with Gasteiger partial charge in [-0.05, 0) is 61.2 Å². The first-order valence-corrected chi connectivity index (χ1v) is 12.7. The maximum atomic E-state index is 13.8. The van der Waals surface area contributed by atoms with Gasteiger partial charge in [-0.3, -0.25) is 4.79 Å². The number of hydrogen-bond donors (Lipinski definition) is 3. The summed E-state index contributed by atoms with van der Waals surface area (Å²) in [5.74, 6) is -0.722. The Balaban J connectivity index is 1.63. The summed E-state index contributed by atoms with van der Waals surface area (Å²) in [6.07, 6.45) is 9.27. The second-order valence-corrected chi connectivity index (χ2v) is 9.87. The van der Waals surface area contributed by atoms with Crippen LogP contribution in [0.15, 0.2) is 59.9 Å². The second kappa shape index (κ2) is 10.2. The van der Waals surface area contributed by atoms with Crippen LogP contribution in [-0.2, 0) is 0 Å². The van der Waals surface area contributed by atoms with Gasteiger partial charge in [-0.25, -0.2) is 13.9 Å². The Morgan fingerprint density at radius 3 is 2.65 bits per heavy atom. The van der Waals surface area contributed by atoms with Crippen molar-refractivity contribution in [2.75, 3.05) is 5.32 Å². The van der Waals surface area contributed by atoms with Gasteiger partial charge in [-0.2, -0.15) is 5.10 Å². The van der Waals surface area contributed by atoms with Gasteiger partial charge in [0, 0.05) is 29.4 Å². The number of benzene rings is 2. The fourth-order valence-corrected chi connectivity index (χ4v) is 5.06. The summed E-state index contributed by atoms with van der Waals surface area (Å²) in [7, 11) is 0. The summed E-state index contributed by atoms with van der Waals surface area (Å²) >= 11 is 6.24. The van der Waals surface area contributed by atoms with Crippen molar-refractivity contribution in [1.82, 2.24) is 9.61 Å².